The van der Waals surface area contributed by atoms with E-state index in [2.05, 4.69) is 41.1 Å². The first kappa shape index (κ1) is 14.3. The van der Waals surface area contributed by atoms with Crippen LogP contribution in [0.3, 0.4) is 0 Å². The molecule has 0 bridgehead atoms. The molecule has 0 aliphatic carbocycles. The topological polar surface area (TPSA) is 41.6 Å². The van der Waals surface area contributed by atoms with Crippen LogP contribution in [0.25, 0.3) is 0 Å². The fourth-order valence-electron chi connectivity index (χ4n) is 2.18. The maximum atomic E-state index is 6.04. The first-order chi connectivity index (χ1) is 9.25. The number of rotatable bonds is 4. The normalized spacial score (nSPS) is 17.7. The maximum Gasteiger partial charge on any atom is 0.191 e. The summed E-state index contributed by atoms with van der Waals surface area (Å²) in [5.74, 6) is 2.54. The second-order valence-corrected chi connectivity index (χ2v) is 6.24. The molecule has 0 amide bonds. The highest BCUT2D eigenvalue weighted by atomic mass is 32.2. The van der Waals surface area contributed by atoms with Gasteiger partial charge in [-0.3, -0.25) is 4.99 Å². The third-order valence-electron chi connectivity index (χ3n) is 3.48. The number of nitrogens with zero attached hydrogens (tertiary/aromatic N) is 2. The molecule has 3 nitrogen and oxygen atoms in total. The minimum absolute atomic E-state index is 0.723. The summed E-state index contributed by atoms with van der Waals surface area (Å²) in [6, 6.07) is 10.4. The van der Waals surface area contributed by atoms with Crippen LogP contribution in [0.4, 0.5) is 0 Å². The van der Waals surface area contributed by atoms with Crippen molar-refractivity contribution in [1.29, 1.82) is 0 Å². The van der Waals surface area contributed by atoms with Crippen LogP contribution in [-0.4, -0.2) is 36.2 Å². The molecule has 0 radical (unpaired) electrons. The van der Waals surface area contributed by atoms with E-state index in [-0.39, 0.29) is 0 Å². The molecule has 0 spiro atoms. The van der Waals surface area contributed by atoms with Gasteiger partial charge in [-0.15, -0.1) is 11.8 Å². The zero-order valence-corrected chi connectivity index (χ0v) is 12.4. The van der Waals surface area contributed by atoms with E-state index in [1.807, 2.05) is 17.8 Å². The Morgan fingerprint density at radius 3 is 2.68 bits per heavy atom. The van der Waals surface area contributed by atoms with Gasteiger partial charge >= 0.3 is 0 Å². The van der Waals surface area contributed by atoms with Gasteiger partial charge in [0.05, 0.1) is 6.54 Å². The molecule has 0 aromatic heterocycles. The van der Waals surface area contributed by atoms with Crippen LogP contribution in [-0.2, 0) is 0 Å². The Balaban J connectivity index is 1.70. The summed E-state index contributed by atoms with van der Waals surface area (Å²) >= 11 is 1.83. The Morgan fingerprint density at radius 2 is 2.00 bits per heavy atom. The molecule has 2 rings (SSSR count). The lowest BCUT2D eigenvalue weighted by molar-refractivity contribution is 0.278. The predicted octanol–water partition coefficient (Wildman–Crippen LogP) is 2.83. The van der Waals surface area contributed by atoms with Crippen molar-refractivity contribution in [2.24, 2.45) is 16.6 Å². The molecule has 1 fully saturated rings. The third kappa shape index (κ3) is 4.78. The van der Waals surface area contributed by atoms with Crippen LogP contribution >= 0.6 is 11.8 Å². The van der Waals surface area contributed by atoms with Gasteiger partial charge < -0.3 is 10.6 Å². The molecule has 19 heavy (non-hydrogen) atoms. The van der Waals surface area contributed by atoms with E-state index in [0.717, 1.165) is 37.3 Å². The molecule has 1 aromatic rings. The number of nitrogens with two attached hydrogens (primary N) is 1. The van der Waals surface area contributed by atoms with Crippen molar-refractivity contribution in [1.82, 2.24) is 4.90 Å². The summed E-state index contributed by atoms with van der Waals surface area (Å²) in [6.07, 6.45) is 2.46. The Labute approximate surface area is 120 Å². The van der Waals surface area contributed by atoms with Crippen molar-refractivity contribution in [2.75, 3.05) is 25.4 Å². The summed E-state index contributed by atoms with van der Waals surface area (Å²) in [4.78, 5) is 8.00. The Bertz CT molecular complexity index is 397. The summed E-state index contributed by atoms with van der Waals surface area (Å²) in [6.45, 7) is 5.21. The lowest BCUT2D eigenvalue weighted by Crippen LogP contribution is -2.42. The van der Waals surface area contributed by atoms with Gasteiger partial charge in [-0.1, -0.05) is 25.1 Å². The fourth-order valence-corrected chi connectivity index (χ4v) is 2.95. The molecule has 2 N–H and O–H groups in total. The summed E-state index contributed by atoms with van der Waals surface area (Å²) in [5.41, 5.74) is 6.04. The Hall–Kier alpha value is -1.16. The van der Waals surface area contributed by atoms with Crippen LogP contribution in [0.2, 0.25) is 0 Å². The van der Waals surface area contributed by atoms with Crippen molar-refractivity contribution in [2.45, 2.75) is 24.7 Å². The molecular formula is C15H23N3S. The molecule has 1 heterocycles. The number of guanidine groups is 1. The zero-order valence-electron chi connectivity index (χ0n) is 11.6. The van der Waals surface area contributed by atoms with Crippen LogP contribution in [0.1, 0.15) is 19.8 Å². The Morgan fingerprint density at radius 1 is 1.32 bits per heavy atom. The lowest BCUT2D eigenvalue weighted by atomic mass is 10.00. The molecule has 1 aliphatic heterocycles. The highest BCUT2D eigenvalue weighted by Gasteiger charge is 2.16. The van der Waals surface area contributed by atoms with Crippen molar-refractivity contribution in [3.05, 3.63) is 30.3 Å². The number of piperidine rings is 1. The van der Waals surface area contributed by atoms with Crippen LogP contribution in [0.15, 0.2) is 40.2 Å². The number of likely N-dealkylation sites (tertiary alicyclic amines) is 1. The molecule has 1 aromatic carbocycles. The molecule has 4 heteroatoms. The summed E-state index contributed by atoms with van der Waals surface area (Å²) in [7, 11) is 0. The van der Waals surface area contributed by atoms with Gasteiger partial charge in [0.2, 0.25) is 0 Å². The highest BCUT2D eigenvalue weighted by Crippen LogP contribution is 2.17. The molecular weight excluding hydrogens is 254 g/mol. The van der Waals surface area contributed by atoms with Crippen molar-refractivity contribution in [3.8, 4) is 0 Å². The SMILES string of the molecule is CC1CCN(C(N)=NCCSc2ccccc2)CC1. The van der Waals surface area contributed by atoms with E-state index >= 15 is 0 Å². The maximum absolute atomic E-state index is 6.04. The summed E-state index contributed by atoms with van der Waals surface area (Å²) in [5, 5.41) is 0. The lowest BCUT2D eigenvalue weighted by Gasteiger charge is -2.31. The largest absolute Gasteiger partial charge is 0.370 e. The van der Waals surface area contributed by atoms with E-state index < -0.39 is 0 Å². The molecule has 0 atom stereocenters. The average Bonchev–Trinajstić information content (AvgIpc) is 2.45. The number of hydrogen-bond acceptors (Lipinski definition) is 2. The molecule has 1 saturated heterocycles. The molecule has 0 saturated carbocycles. The van der Waals surface area contributed by atoms with Crippen molar-refractivity contribution >= 4 is 17.7 Å². The Kier molecular flexibility index (Phi) is 5.58. The van der Waals surface area contributed by atoms with Gasteiger partial charge in [-0.25, -0.2) is 0 Å². The zero-order chi connectivity index (χ0) is 13.5. The number of hydrogen-bond donors (Lipinski definition) is 1. The van der Waals surface area contributed by atoms with Gasteiger partial charge in [0.25, 0.3) is 0 Å². The second kappa shape index (κ2) is 7.43. The van der Waals surface area contributed by atoms with Gasteiger partial charge in [0.1, 0.15) is 0 Å². The van der Waals surface area contributed by atoms with Crippen LogP contribution < -0.4 is 5.73 Å². The van der Waals surface area contributed by atoms with Gasteiger partial charge in [-0.2, -0.15) is 0 Å². The quantitative estimate of drug-likeness (QED) is 0.398. The minimum Gasteiger partial charge on any atom is -0.370 e. The van der Waals surface area contributed by atoms with Crippen LogP contribution in [0.5, 0.6) is 0 Å². The number of thioether (sulfide) groups is 1. The van der Waals surface area contributed by atoms with Crippen molar-refractivity contribution < 1.29 is 0 Å². The third-order valence-corrected chi connectivity index (χ3v) is 4.48. The second-order valence-electron chi connectivity index (χ2n) is 5.07. The number of benzene rings is 1. The standard InChI is InChI=1S/C15H23N3S/c1-13-7-10-18(11-8-13)15(16)17-9-12-19-14-5-3-2-4-6-14/h2-6,13H,7-12H2,1H3,(H2,16,17). The van der Waals surface area contributed by atoms with E-state index in [9.17, 15) is 0 Å². The van der Waals surface area contributed by atoms with Crippen molar-refractivity contribution in [3.63, 3.8) is 0 Å². The minimum atomic E-state index is 0.723. The molecule has 1 aliphatic rings. The van der Waals surface area contributed by atoms with E-state index in [1.165, 1.54) is 17.7 Å². The van der Waals surface area contributed by atoms with Crippen LogP contribution in [0, 0.1) is 5.92 Å². The van der Waals surface area contributed by atoms with Gasteiger partial charge in [-0.05, 0) is 30.9 Å². The highest BCUT2D eigenvalue weighted by molar-refractivity contribution is 7.99. The average molecular weight is 277 g/mol. The monoisotopic (exact) mass is 277 g/mol. The van der Waals surface area contributed by atoms with E-state index in [0.29, 0.717) is 0 Å². The fraction of sp³-hybridized carbons (Fsp3) is 0.533. The molecule has 104 valence electrons. The van der Waals surface area contributed by atoms with Gasteiger partial charge in [0, 0.05) is 23.7 Å². The molecule has 0 unspecified atom stereocenters. The predicted molar refractivity (Wildman–Crippen MR) is 83.6 cm³/mol. The van der Waals surface area contributed by atoms with E-state index in [1.54, 1.807) is 0 Å². The summed E-state index contributed by atoms with van der Waals surface area (Å²) < 4.78 is 0. The van der Waals surface area contributed by atoms with E-state index in [4.69, 9.17) is 5.73 Å². The first-order valence-corrected chi connectivity index (χ1v) is 7.97. The van der Waals surface area contributed by atoms with Gasteiger partial charge in [0.15, 0.2) is 5.96 Å². The smallest absolute Gasteiger partial charge is 0.191 e. The number of aliphatic imine (C=N–C) groups is 1. The first-order valence-electron chi connectivity index (χ1n) is 6.98.